The number of rotatable bonds is 2. The third-order valence-electron chi connectivity index (χ3n) is 1.13. The minimum absolute atomic E-state index is 0.490. The molecule has 0 radical (unpaired) electrons. The Balaban J connectivity index is 4.10. The molecule has 0 saturated heterocycles. The molecule has 0 saturated carbocycles. The summed E-state index contributed by atoms with van der Waals surface area (Å²) in [4.78, 5) is 0. The molecule has 0 rings (SSSR count). The van der Waals surface area contributed by atoms with Crippen molar-refractivity contribution in [3.63, 3.8) is 0 Å². The number of alkyl halides is 3. The van der Waals surface area contributed by atoms with Crippen LogP contribution in [0, 0.1) is 0 Å². The SMILES string of the molecule is CNCC(C)(O)C(F)(F)F. The van der Waals surface area contributed by atoms with E-state index < -0.39 is 18.3 Å². The largest absolute Gasteiger partial charge is 0.418 e. The quantitative estimate of drug-likeness (QED) is 0.612. The van der Waals surface area contributed by atoms with Gasteiger partial charge in [0.25, 0.3) is 0 Å². The molecule has 0 aromatic carbocycles. The van der Waals surface area contributed by atoms with Gasteiger partial charge in [-0.2, -0.15) is 13.2 Å². The second kappa shape index (κ2) is 2.75. The highest BCUT2D eigenvalue weighted by molar-refractivity contribution is 4.82. The van der Waals surface area contributed by atoms with Crippen molar-refractivity contribution in [3.8, 4) is 0 Å². The fourth-order valence-corrected chi connectivity index (χ4v) is 0.444. The van der Waals surface area contributed by atoms with Gasteiger partial charge in [0.1, 0.15) is 0 Å². The first-order chi connectivity index (χ1) is 4.31. The number of hydrogen-bond acceptors (Lipinski definition) is 2. The maximum Gasteiger partial charge on any atom is 0.418 e. The molecule has 0 fully saturated rings. The Labute approximate surface area is 57.0 Å². The molecule has 2 nitrogen and oxygen atoms in total. The van der Waals surface area contributed by atoms with Crippen LogP contribution in [0.5, 0.6) is 0 Å². The highest BCUT2D eigenvalue weighted by Crippen LogP contribution is 2.28. The summed E-state index contributed by atoms with van der Waals surface area (Å²) in [6.45, 7) is 0.236. The van der Waals surface area contributed by atoms with E-state index in [1.165, 1.54) is 7.05 Å². The van der Waals surface area contributed by atoms with E-state index in [2.05, 4.69) is 5.32 Å². The summed E-state index contributed by atoms with van der Waals surface area (Å²) in [5, 5.41) is 10.9. The molecule has 1 unspecified atom stereocenters. The predicted octanol–water partition coefficient (Wildman–Crippen LogP) is 0.519. The molecule has 0 heterocycles. The van der Waals surface area contributed by atoms with Gasteiger partial charge >= 0.3 is 6.18 Å². The van der Waals surface area contributed by atoms with Crippen molar-refractivity contribution in [1.82, 2.24) is 5.32 Å². The molecule has 62 valence electrons. The lowest BCUT2D eigenvalue weighted by atomic mass is 10.1. The number of halogens is 3. The number of aliphatic hydroxyl groups is 1. The monoisotopic (exact) mass is 157 g/mol. The zero-order valence-electron chi connectivity index (χ0n) is 5.79. The van der Waals surface area contributed by atoms with Crippen LogP contribution >= 0.6 is 0 Å². The average Bonchev–Trinajstić information content (AvgIpc) is 1.61. The third kappa shape index (κ3) is 2.15. The number of hydrogen-bond donors (Lipinski definition) is 2. The summed E-state index contributed by atoms with van der Waals surface area (Å²) >= 11 is 0. The summed E-state index contributed by atoms with van der Waals surface area (Å²) in [5.41, 5.74) is -2.62. The molecular formula is C5H10F3NO. The van der Waals surface area contributed by atoms with Crippen LogP contribution in [0.2, 0.25) is 0 Å². The Morgan fingerprint density at radius 2 is 1.80 bits per heavy atom. The predicted molar refractivity (Wildman–Crippen MR) is 30.6 cm³/mol. The fraction of sp³-hybridized carbons (Fsp3) is 1.00. The highest BCUT2D eigenvalue weighted by atomic mass is 19.4. The van der Waals surface area contributed by atoms with Crippen molar-refractivity contribution in [2.45, 2.75) is 18.7 Å². The summed E-state index contributed by atoms with van der Waals surface area (Å²) in [7, 11) is 1.35. The second-order valence-electron chi connectivity index (χ2n) is 2.30. The van der Waals surface area contributed by atoms with Crippen LogP contribution < -0.4 is 5.32 Å². The average molecular weight is 157 g/mol. The first-order valence-electron chi connectivity index (χ1n) is 2.75. The zero-order valence-corrected chi connectivity index (χ0v) is 5.79. The molecule has 0 amide bonds. The van der Waals surface area contributed by atoms with Crippen LogP contribution in [-0.2, 0) is 0 Å². The summed E-state index contributed by atoms with van der Waals surface area (Å²) < 4.78 is 35.2. The molecule has 2 N–H and O–H groups in total. The Hall–Kier alpha value is -0.290. The summed E-state index contributed by atoms with van der Waals surface area (Å²) in [5.74, 6) is 0. The van der Waals surface area contributed by atoms with Gasteiger partial charge in [-0.25, -0.2) is 0 Å². The number of nitrogens with one attached hydrogen (secondary N) is 1. The molecule has 0 aromatic heterocycles. The van der Waals surface area contributed by atoms with Crippen molar-refractivity contribution < 1.29 is 18.3 Å². The van der Waals surface area contributed by atoms with Crippen molar-refractivity contribution >= 4 is 0 Å². The van der Waals surface area contributed by atoms with Crippen molar-refractivity contribution in [2.75, 3.05) is 13.6 Å². The lowest BCUT2D eigenvalue weighted by molar-refractivity contribution is -0.250. The van der Waals surface area contributed by atoms with Crippen LogP contribution in [0.1, 0.15) is 6.92 Å². The van der Waals surface area contributed by atoms with E-state index in [1.807, 2.05) is 0 Å². The van der Waals surface area contributed by atoms with E-state index >= 15 is 0 Å². The standard InChI is InChI=1S/C5H10F3NO/c1-4(10,3-9-2)5(6,7)8/h9-10H,3H2,1-2H3. The molecule has 0 aliphatic carbocycles. The highest BCUT2D eigenvalue weighted by Gasteiger charge is 2.49. The Kier molecular flexibility index (Phi) is 2.67. The molecule has 10 heavy (non-hydrogen) atoms. The van der Waals surface area contributed by atoms with E-state index in [-0.39, 0.29) is 0 Å². The molecule has 0 aliphatic heterocycles. The first kappa shape index (κ1) is 9.71. The number of likely N-dealkylation sites (N-methyl/N-ethyl adjacent to an activating group) is 1. The topological polar surface area (TPSA) is 32.3 Å². The van der Waals surface area contributed by atoms with Gasteiger partial charge in [0.15, 0.2) is 5.60 Å². The minimum atomic E-state index is -4.56. The van der Waals surface area contributed by atoms with E-state index in [1.54, 1.807) is 0 Å². The van der Waals surface area contributed by atoms with Crippen molar-refractivity contribution in [2.24, 2.45) is 0 Å². The molecular weight excluding hydrogens is 147 g/mol. The zero-order chi connectivity index (χ0) is 8.41. The van der Waals surface area contributed by atoms with Gasteiger partial charge < -0.3 is 10.4 Å². The normalized spacial score (nSPS) is 18.6. The van der Waals surface area contributed by atoms with Crippen molar-refractivity contribution in [3.05, 3.63) is 0 Å². The molecule has 5 heteroatoms. The van der Waals surface area contributed by atoms with Crippen LogP contribution in [0.3, 0.4) is 0 Å². The second-order valence-corrected chi connectivity index (χ2v) is 2.30. The van der Waals surface area contributed by atoms with Gasteiger partial charge in [-0.05, 0) is 14.0 Å². The van der Waals surface area contributed by atoms with Gasteiger partial charge in [0.05, 0.1) is 0 Å². The summed E-state index contributed by atoms with van der Waals surface area (Å²) in [6.07, 6.45) is -4.56. The maximum absolute atomic E-state index is 11.7. The van der Waals surface area contributed by atoms with Crippen LogP contribution in [0.15, 0.2) is 0 Å². The summed E-state index contributed by atoms with van der Waals surface area (Å²) in [6, 6.07) is 0. The van der Waals surface area contributed by atoms with Crippen LogP contribution in [0.25, 0.3) is 0 Å². The van der Waals surface area contributed by atoms with E-state index in [0.717, 1.165) is 6.92 Å². The lowest BCUT2D eigenvalue weighted by Gasteiger charge is -2.25. The third-order valence-corrected chi connectivity index (χ3v) is 1.13. The molecule has 0 aliphatic rings. The lowest BCUT2D eigenvalue weighted by Crippen LogP contribution is -2.49. The first-order valence-corrected chi connectivity index (χ1v) is 2.75. The molecule has 0 aromatic rings. The van der Waals surface area contributed by atoms with Gasteiger partial charge in [-0.1, -0.05) is 0 Å². The van der Waals surface area contributed by atoms with Gasteiger partial charge in [-0.15, -0.1) is 0 Å². The van der Waals surface area contributed by atoms with E-state index in [0.29, 0.717) is 0 Å². The maximum atomic E-state index is 11.7. The van der Waals surface area contributed by atoms with Crippen LogP contribution in [0.4, 0.5) is 13.2 Å². The Bertz CT molecular complexity index is 110. The fourth-order valence-electron chi connectivity index (χ4n) is 0.444. The molecule has 1 atom stereocenters. The van der Waals surface area contributed by atoms with E-state index in [4.69, 9.17) is 5.11 Å². The smallest absolute Gasteiger partial charge is 0.380 e. The van der Waals surface area contributed by atoms with Gasteiger partial charge in [0, 0.05) is 6.54 Å². The molecule has 0 spiro atoms. The minimum Gasteiger partial charge on any atom is -0.380 e. The van der Waals surface area contributed by atoms with E-state index in [9.17, 15) is 13.2 Å². The Morgan fingerprint density at radius 3 is 1.90 bits per heavy atom. The van der Waals surface area contributed by atoms with Crippen molar-refractivity contribution in [1.29, 1.82) is 0 Å². The molecule has 0 bridgehead atoms. The van der Waals surface area contributed by atoms with Crippen LogP contribution in [-0.4, -0.2) is 30.5 Å². The van der Waals surface area contributed by atoms with Gasteiger partial charge in [-0.3, -0.25) is 0 Å². The Morgan fingerprint density at radius 1 is 1.40 bits per heavy atom. The van der Waals surface area contributed by atoms with Gasteiger partial charge in [0.2, 0.25) is 0 Å².